The van der Waals surface area contributed by atoms with E-state index >= 15 is 0 Å². The fourth-order valence-corrected chi connectivity index (χ4v) is 3.55. The number of anilines is 1. The van der Waals surface area contributed by atoms with Gasteiger partial charge in [0, 0.05) is 18.3 Å². The summed E-state index contributed by atoms with van der Waals surface area (Å²) in [4.78, 5) is 6.63. The van der Waals surface area contributed by atoms with E-state index in [0.717, 1.165) is 30.8 Å². The second-order valence-electron chi connectivity index (χ2n) is 7.28. The van der Waals surface area contributed by atoms with E-state index in [1.54, 1.807) is 12.3 Å². The van der Waals surface area contributed by atoms with E-state index < -0.39 is 11.6 Å². The van der Waals surface area contributed by atoms with Crippen LogP contribution >= 0.6 is 0 Å². The lowest BCUT2D eigenvalue weighted by Crippen LogP contribution is -2.18. The van der Waals surface area contributed by atoms with Crippen molar-refractivity contribution in [3.05, 3.63) is 77.5 Å². The third-order valence-electron chi connectivity index (χ3n) is 5.21. The van der Waals surface area contributed by atoms with Crippen LogP contribution in [0.2, 0.25) is 0 Å². The zero-order chi connectivity index (χ0) is 20.2. The fourth-order valence-electron chi connectivity index (χ4n) is 3.55. The predicted molar refractivity (Wildman–Crippen MR) is 109 cm³/mol. The van der Waals surface area contributed by atoms with Crippen molar-refractivity contribution >= 4 is 5.82 Å². The van der Waals surface area contributed by atoms with Crippen LogP contribution < -0.4 is 10.5 Å². The molecule has 1 aliphatic heterocycles. The van der Waals surface area contributed by atoms with Crippen LogP contribution in [0.4, 0.5) is 14.6 Å². The standard InChI is InChI=1S/C23H23F2N3O/c24-20-4-3-5-21(25)19(20)15-29-22-12-18(13-27-23(22)26)17-8-6-16(7-9-17)14-28-10-1-2-11-28/h3-9,12-13H,1-2,10-11,14-15H2,(H2,26,27). The smallest absolute Gasteiger partial charge is 0.166 e. The van der Waals surface area contributed by atoms with E-state index in [4.69, 9.17) is 10.5 Å². The number of hydrogen-bond donors (Lipinski definition) is 1. The van der Waals surface area contributed by atoms with Crippen LogP contribution in [0.3, 0.4) is 0 Å². The molecule has 0 saturated carbocycles. The molecule has 1 aromatic heterocycles. The van der Waals surface area contributed by atoms with Gasteiger partial charge in [-0.3, -0.25) is 4.90 Å². The van der Waals surface area contributed by atoms with E-state index in [1.165, 1.54) is 36.6 Å². The molecule has 1 aliphatic rings. The molecular formula is C23H23F2N3O. The highest BCUT2D eigenvalue weighted by atomic mass is 19.1. The fraction of sp³-hybridized carbons (Fsp3) is 0.261. The summed E-state index contributed by atoms with van der Waals surface area (Å²) >= 11 is 0. The van der Waals surface area contributed by atoms with Crippen molar-refractivity contribution in [1.29, 1.82) is 0 Å². The maximum atomic E-state index is 13.8. The predicted octanol–water partition coefficient (Wildman–Crippen LogP) is 4.78. The van der Waals surface area contributed by atoms with Crippen molar-refractivity contribution in [2.24, 2.45) is 0 Å². The molecule has 0 spiro atoms. The molecule has 0 atom stereocenters. The van der Waals surface area contributed by atoms with Gasteiger partial charge in [-0.1, -0.05) is 30.3 Å². The Hall–Kier alpha value is -2.99. The SMILES string of the molecule is Nc1ncc(-c2ccc(CN3CCCC3)cc2)cc1OCc1c(F)cccc1F. The first-order valence-corrected chi connectivity index (χ1v) is 9.73. The van der Waals surface area contributed by atoms with Crippen molar-refractivity contribution in [3.63, 3.8) is 0 Å². The quantitative estimate of drug-likeness (QED) is 0.652. The number of aromatic nitrogens is 1. The minimum atomic E-state index is -0.652. The van der Waals surface area contributed by atoms with Crippen LogP contribution in [0, 0.1) is 11.6 Å². The van der Waals surface area contributed by atoms with Crippen molar-refractivity contribution in [2.75, 3.05) is 18.8 Å². The second kappa shape index (κ2) is 8.57. The van der Waals surface area contributed by atoms with Crippen LogP contribution in [0.5, 0.6) is 5.75 Å². The van der Waals surface area contributed by atoms with Gasteiger partial charge in [0.15, 0.2) is 11.6 Å². The van der Waals surface area contributed by atoms with Crippen LogP contribution in [0.25, 0.3) is 11.1 Å². The Morgan fingerprint density at radius 2 is 1.66 bits per heavy atom. The third kappa shape index (κ3) is 4.54. The highest BCUT2D eigenvalue weighted by molar-refractivity contribution is 5.67. The molecule has 2 heterocycles. The number of ether oxygens (including phenoxy) is 1. The molecule has 29 heavy (non-hydrogen) atoms. The van der Waals surface area contributed by atoms with Gasteiger partial charge in [0.05, 0.1) is 5.56 Å². The average molecular weight is 395 g/mol. The van der Waals surface area contributed by atoms with E-state index in [1.807, 2.05) is 12.1 Å². The number of halogens is 2. The van der Waals surface area contributed by atoms with Crippen molar-refractivity contribution in [1.82, 2.24) is 9.88 Å². The Morgan fingerprint density at radius 3 is 2.34 bits per heavy atom. The number of nitrogens with zero attached hydrogens (tertiary/aromatic N) is 2. The summed E-state index contributed by atoms with van der Waals surface area (Å²) in [6.45, 7) is 3.02. The second-order valence-corrected chi connectivity index (χ2v) is 7.28. The lowest BCUT2D eigenvalue weighted by molar-refractivity contribution is 0.293. The van der Waals surface area contributed by atoms with Gasteiger partial charge in [-0.2, -0.15) is 0 Å². The summed E-state index contributed by atoms with van der Waals surface area (Å²) in [5.74, 6) is -0.829. The molecular weight excluding hydrogens is 372 g/mol. The van der Waals surface area contributed by atoms with Gasteiger partial charge in [0.2, 0.25) is 0 Å². The zero-order valence-electron chi connectivity index (χ0n) is 16.1. The Bertz CT molecular complexity index is 966. The van der Waals surface area contributed by atoms with E-state index in [2.05, 4.69) is 22.0 Å². The minimum Gasteiger partial charge on any atom is -0.485 e. The summed E-state index contributed by atoms with van der Waals surface area (Å²) in [5, 5.41) is 0. The molecule has 1 saturated heterocycles. The summed E-state index contributed by atoms with van der Waals surface area (Å²) < 4.78 is 33.2. The van der Waals surface area contributed by atoms with Gasteiger partial charge >= 0.3 is 0 Å². The number of hydrogen-bond acceptors (Lipinski definition) is 4. The van der Waals surface area contributed by atoms with Crippen molar-refractivity contribution < 1.29 is 13.5 Å². The lowest BCUT2D eigenvalue weighted by atomic mass is 10.1. The number of rotatable bonds is 6. The maximum absolute atomic E-state index is 13.8. The molecule has 6 heteroatoms. The molecule has 2 N–H and O–H groups in total. The number of nitrogen functional groups attached to an aromatic ring is 1. The largest absolute Gasteiger partial charge is 0.485 e. The van der Waals surface area contributed by atoms with Gasteiger partial charge in [0.25, 0.3) is 0 Å². The van der Waals surface area contributed by atoms with Crippen LogP contribution in [-0.4, -0.2) is 23.0 Å². The number of nitrogens with two attached hydrogens (primary N) is 1. The Balaban J connectivity index is 1.49. The van der Waals surface area contributed by atoms with Crippen molar-refractivity contribution in [2.45, 2.75) is 26.0 Å². The lowest BCUT2D eigenvalue weighted by Gasteiger charge is -2.15. The van der Waals surface area contributed by atoms with Gasteiger partial charge in [-0.15, -0.1) is 0 Å². The number of likely N-dealkylation sites (tertiary alicyclic amines) is 1. The van der Waals surface area contributed by atoms with Crippen molar-refractivity contribution in [3.8, 4) is 16.9 Å². The van der Waals surface area contributed by atoms with E-state index in [9.17, 15) is 8.78 Å². The third-order valence-corrected chi connectivity index (χ3v) is 5.21. The first-order valence-electron chi connectivity index (χ1n) is 9.73. The normalized spacial score (nSPS) is 14.3. The Kier molecular flexibility index (Phi) is 5.71. The highest BCUT2D eigenvalue weighted by Crippen LogP contribution is 2.28. The molecule has 150 valence electrons. The topological polar surface area (TPSA) is 51.4 Å². The molecule has 0 bridgehead atoms. The van der Waals surface area contributed by atoms with Crippen LogP contribution in [0.1, 0.15) is 24.0 Å². The molecule has 4 rings (SSSR count). The average Bonchev–Trinajstić information content (AvgIpc) is 3.22. The van der Waals surface area contributed by atoms with Gasteiger partial charge in [0.1, 0.15) is 18.2 Å². The van der Waals surface area contributed by atoms with Gasteiger partial charge < -0.3 is 10.5 Å². The molecule has 0 amide bonds. The van der Waals surface area contributed by atoms with Crippen LogP contribution in [0.15, 0.2) is 54.7 Å². The monoisotopic (exact) mass is 395 g/mol. The zero-order valence-corrected chi connectivity index (χ0v) is 16.1. The molecule has 0 radical (unpaired) electrons. The Morgan fingerprint density at radius 1 is 0.966 bits per heavy atom. The molecule has 4 nitrogen and oxygen atoms in total. The van der Waals surface area contributed by atoms with E-state index in [0.29, 0.717) is 5.75 Å². The molecule has 3 aromatic rings. The van der Waals surface area contributed by atoms with Crippen LogP contribution in [-0.2, 0) is 13.2 Å². The summed E-state index contributed by atoms with van der Waals surface area (Å²) in [7, 11) is 0. The summed E-state index contributed by atoms with van der Waals surface area (Å²) in [6.07, 6.45) is 4.21. The van der Waals surface area contributed by atoms with E-state index in [-0.39, 0.29) is 18.0 Å². The first-order chi connectivity index (χ1) is 14.1. The van der Waals surface area contributed by atoms with Gasteiger partial charge in [-0.25, -0.2) is 13.8 Å². The minimum absolute atomic E-state index is 0.136. The molecule has 2 aromatic carbocycles. The molecule has 0 unspecified atom stereocenters. The number of pyridine rings is 1. The van der Waals surface area contributed by atoms with Gasteiger partial charge in [-0.05, 0) is 55.3 Å². The highest BCUT2D eigenvalue weighted by Gasteiger charge is 2.13. The number of benzene rings is 2. The summed E-state index contributed by atoms with van der Waals surface area (Å²) in [6, 6.07) is 13.8. The first kappa shape index (κ1) is 19.3. The Labute approximate surface area is 168 Å². The maximum Gasteiger partial charge on any atom is 0.166 e. The molecule has 0 aliphatic carbocycles. The summed E-state index contributed by atoms with van der Waals surface area (Å²) in [5.41, 5.74) is 8.83. The molecule has 1 fully saturated rings.